The van der Waals surface area contributed by atoms with Crippen molar-refractivity contribution in [3.63, 3.8) is 0 Å². The zero-order chi connectivity index (χ0) is 31.0. The molecule has 2 amide bonds. The summed E-state index contributed by atoms with van der Waals surface area (Å²) in [6, 6.07) is 8.54. The Bertz CT molecular complexity index is 1660. The number of imide groups is 1. The van der Waals surface area contributed by atoms with Gasteiger partial charge < -0.3 is 19.7 Å². The summed E-state index contributed by atoms with van der Waals surface area (Å²) < 4.78 is 11.4. The molecule has 10 nitrogen and oxygen atoms in total. The molecular weight excluding hydrogens is 554 g/mol. The molecular formula is C33H31NO9. The monoisotopic (exact) mass is 585 g/mol. The molecule has 0 aromatic heterocycles. The molecule has 2 aromatic rings. The van der Waals surface area contributed by atoms with E-state index in [4.69, 9.17) is 9.47 Å². The molecule has 6 rings (SSSR count). The number of phenolic OH excluding ortho intramolecular Hbond substituents is 1. The number of aromatic hydroxyl groups is 1. The van der Waals surface area contributed by atoms with Crippen LogP contribution in [0, 0.1) is 29.1 Å². The average molecular weight is 586 g/mol. The SMILES string of the molecule is COc1cc(O)cc(OC)c1[C@H]1C2=CC[C@@H]3C(=O)N(c4cccc(C(=O)O)c4)C(=O)[C@@H]3[C@@H]2C[C@H]2C(=O)C=C(C)C(=O)[C@@]12C. The third kappa shape index (κ3) is 3.96. The van der Waals surface area contributed by atoms with Crippen LogP contribution in [0.15, 0.2) is 59.7 Å². The lowest BCUT2D eigenvalue weighted by Gasteiger charge is -2.54. The second-order valence-corrected chi connectivity index (χ2v) is 11.9. The Morgan fingerprint density at radius 1 is 1.00 bits per heavy atom. The largest absolute Gasteiger partial charge is 0.508 e. The summed E-state index contributed by atoms with van der Waals surface area (Å²) in [7, 11) is 2.87. The van der Waals surface area contributed by atoms with E-state index in [0.717, 1.165) is 10.5 Å². The number of anilines is 1. The number of aromatic carboxylic acids is 1. The van der Waals surface area contributed by atoms with Gasteiger partial charge in [-0.25, -0.2) is 4.79 Å². The highest BCUT2D eigenvalue weighted by Crippen LogP contribution is 2.64. The molecule has 4 aliphatic rings. The van der Waals surface area contributed by atoms with E-state index in [9.17, 15) is 34.2 Å². The van der Waals surface area contributed by atoms with Crippen molar-refractivity contribution < 1.29 is 43.7 Å². The third-order valence-electron chi connectivity index (χ3n) is 9.81. The lowest BCUT2D eigenvalue weighted by molar-refractivity contribution is -0.141. The van der Waals surface area contributed by atoms with Gasteiger partial charge in [-0.05, 0) is 55.5 Å². The van der Waals surface area contributed by atoms with Gasteiger partial charge in [-0.3, -0.25) is 24.1 Å². The zero-order valence-corrected chi connectivity index (χ0v) is 24.1. The molecule has 0 unspecified atom stereocenters. The first kappa shape index (κ1) is 28.4. The van der Waals surface area contributed by atoms with Crippen molar-refractivity contribution in [2.45, 2.75) is 32.6 Å². The minimum atomic E-state index is -1.26. The Morgan fingerprint density at radius 2 is 1.67 bits per heavy atom. The number of hydrogen-bond acceptors (Lipinski definition) is 8. The van der Waals surface area contributed by atoms with E-state index in [2.05, 4.69) is 0 Å². The Labute approximate surface area is 247 Å². The predicted molar refractivity (Wildman–Crippen MR) is 153 cm³/mol. The lowest BCUT2D eigenvalue weighted by atomic mass is 9.47. The van der Waals surface area contributed by atoms with Gasteiger partial charge in [-0.1, -0.05) is 24.6 Å². The molecule has 43 heavy (non-hydrogen) atoms. The average Bonchev–Trinajstić information content (AvgIpc) is 3.24. The second kappa shape index (κ2) is 9.93. The van der Waals surface area contributed by atoms with Gasteiger partial charge in [0, 0.05) is 29.5 Å². The number of hydrogen-bond donors (Lipinski definition) is 2. The Kier molecular flexibility index (Phi) is 6.56. The summed E-state index contributed by atoms with van der Waals surface area (Å²) in [5.74, 6) is -5.78. The fourth-order valence-electron chi connectivity index (χ4n) is 7.95. The molecule has 3 aliphatic carbocycles. The summed E-state index contributed by atoms with van der Waals surface area (Å²) in [6.45, 7) is 3.38. The molecule has 222 valence electrons. The number of carbonyl (C=O) groups excluding carboxylic acids is 4. The normalized spacial score (nSPS) is 29.8. The van der Waals surface area contributed by atoms with E-state index in [1.54, 1.807) is 13.8 Å². The van der Waals surface area contributed by atoms with Crippen LogP contribution < -0.4 is 14.4 Å². The number of carboxylic acids is 1. The van der Waals surface area contributed by atoms with Crippen LogP contribution in [-0.2, 0) is 19.2 Å². The van der Waals surface area contributed by atoms with Gasteiger partial charge in [0.25, 0.3) is 0 Å². The van der Waals surface area contributed by atoms with Crippen molar-refractivity contribution in [1.82, 2.24) is 0 Å². The minimum absolute atomic E-state index is 0.0553. The summed E-state index contributed by atoms with van der Waals surface area (Å²) in [6.07, 6.45) is 3.65. The van der Waals surface area contributed by atoms with E-state index >= 15 is 0 Å². The Morgan fingerprint density at radius 3 is 2.30 bits per heavy atom. The fourth-order valence-corrected chi connectivity index (χ4v) is 7.95. The number of amides is 2. The summed E-state index contributed by atoms with van der Waals surface area (Å²) in [5.41, 5.74) is 0.398. The molecule has 0 bridgehead atoms. The summed E-state index contributed by atoms with van der Waals surface area (Å²) in [4.78, 5) is 68.3. The van der Waals surface area contributed by atoms with Gasteiger partial charge in [0.05, 0.1) is 42.7 Å². The number of ether oxygens (including phenoxy) is 2. The second-order valence-electron chi connectivity index (χ2n) is 11.9. The van der Waals surface area contributed by atoms with Crippen molar-refractivity contribution >= 4 is 35.0 Å². The maximum Gasteiger partial charge on any atom is 0.335 e. The van der Waals surface area contributed by atoms with E-state index in [0.29, 0.717) is 11.1 Å². The summed E-state index contributed by atoms with van der Waals surface area (Å²) >= 11 is 0. The van der Waals surface area contributed by atoms with Crippen LogP contribution in [0.5, 0.6) is 17.2 Å². The first-order valence-electron chi connectivity index (χ1n) is 14.1. The van der Waals surface area contributed by atoms with E-state index in [1.165, 1.54) is 56.7 Å². The first-order valence-corrected chi connectivity index (χ1v) is 14.1. The molecule has 2 aromatic carbocycles. The molecule has 2 N–H and O–H groups in total. The van der Waals surface area contributed by atoms with Crippen LogP contribution in [0.2, 0.25) is 0 Å². The molecule has 0 spiro atoms. The number of Topliss-reactive ketones (excluding diaryl/α,β-unsaturated/α-hetero) is 1. The number of carboxylic acid groups (broad SMARTS) is 1. The first-order chi connectivity index (χ1) is 20.4. The van der Waals surface area contributed by atoms with Gasteiger partial charge in [0.1, 0.15) is 17.2 Å². The van der Waals surface area contributed by atoms with E-state index in [-0.39, 0.29) is 52.9 Å². The molecule has 10 heteroatoms. The molecule has 1 saturated carbocycles. The minimum Gasteiger partial charge on any atom is -0.508 e. The van der Waals surface area contributed by atoms with Crippen LogP contribution >= 0.6 is 0 Å². The number of methoxy groups -OCH3 is 2. The number of ketones is 2. The molecule has 1 heterocycles. The van der Waals surface area contributed by atoms with Crippen LogP contribution in [0.3, 0.4) is 0 Å². The number of allylic oxidation sites excluding steroid dienone is 4. The fraction of sp³-hybridized carbons (Fsp3) is 0.364. The third-order valence-corrected chi connectivity index (χ3v) is 9.81. The van der Waals surface area contributed by atoms with Crippen molar-refractivity contribution in [2.24, 2.45) is 29.1 Å². The molecule has 1 saturated heterocycles. The van der Waals surface area contributed by atoms with Crippen LogP contribution in [0.25, 0.3) is 0 Å². The number of phenols is 1. The number of benzene rings is 2. The highest BCUT2D eigenvalue weighted by molar-refractivity contribution is 6.23. The van der Waals surface area contributed by atoms with Gasteiger partial charge in [-0.15, -0.1) is 0 Å². The molecule has 2 fully saturated rings. The Balaban J connectivity index is 1.54. The topological polar surface area (TPSA) is 148 Å². The quantitative estimate of drug-likeness (QED) is 0.391. The highest BCUT2D eigenvalue weighted by atomic mass is 16.5. The Hall–Kier alpha value is -4.73. The zero-order valence-electron chi connectivity index (χ0n) is 24.1. The van der Waals surface area contributed by atoms with E-state index < -0.39 is 52.8 Å². The molecule has 1 aliphatic heterocycles. The van der Waals surface area contributed by atoms with Crippen molar-refractivity contribution in [2.75, 3.05) is 19.1 Å². The van der Waals surface area contributed by atoms with Crippen molar-refractivity contribution in [1.29, 1.82) is 0 Å². The number of fused-ring (bicyclic) bond motifs is 4. The van der Waals surface area contributed by atoms with Gasteiger partial charge >= 0.3 is 5.97 Å². The predicted octanol–water partition coefficient (Wildman–Crippen LogP) is 4.07. The van der Waals surface area contributed by atoms with Crippen molar-refractivity contribution in [3.8, 4) is 17.2 Å². The van der Waals surface area contributed by atoms with Crippen LogP contribution in [0.1, 0.15) is 48.5 Å². The van der Waals surface area contributed by atoms with Crippen molar-refractivity contribution in [3.05, 3.63) is 70.8 Å². The standard InChI is InChI=1S/C33H31NO9/c1-15-10-23(36)22-14-21-19(28(33(22,2)29(15)37)27-24(42-3)12-18(35)13-25(27)43-4)8-9-20-26(21)31(39)34(30(20)38)17-7-5-6-16(11-17)32(40)41/h5-8,10-13,20-22,26,28,35H,9,14H2,1-4H3,(H,40,41)/t20-,21+,22-,26-,28+,33+/m0/s1. The molecule has 6 atom stereocenters. The lowest BCUT2D eigenvalue weighted by Crippen LogP contribution is -2.54. The van der Waals surface area contributed by atoms with Gasteiger partial charge in [0.15, 0.2) is 11.6 Å². The maximum absolute atomic E-state index is 14.1. The number of nitrogens with zero attached hydrogens (tertiary/aromatic N) is 1. The molecule has 0 radical (unpaired) electrons. The van der Waals surface area contributed by atoms with E-state index in [1.807, 2.05) is 6.08 Å². The van der Waals surface area contributed by atoms with Gasteiger partial charge in [-0.2, -0.15) is 0 Å². The highest BCUT2D eigenvalue weighted by Gasteiger charge is 2.64. The van der Waals surface area contributed by atoms with Crippen LogP contribution in [-0.4, -0.2) is 53.8 Å². The van der Waals surface area contributed by atoms with Gasteiger partial charge in [0.2, 0.25) is 11.8 Å². The maximum atomic E-state index is 14.1. The smallest absolute Gasteiger partial charge is 0.335 e. The summed E-state index contributed by atoms with van der Waals surface area (Å²) in [5, 5.41) is 19.9. The van der Waals surface area contributed by atoms with Crippen LogP contribution in [0.4, 0.5) is 5.69 Å². The number of carbonyl (C=O) groups is 5. The number of rotatable bonds is 5.